The van der Waals surface area contributed by atoms with Crippen LogP contribution in [0.2, 0.25) is 0 Å². The summed E-state index contributed by atoms with van der Waals surface area (Å²) in [6.45, 7) is 0. The number of imide groups is 1. The Morgan fingerprint density at radius 1 is 0.529 bits per heavy atom. The van der Waals surface area contributed by atoms with Crippen LogP contribution in [0, 0.1) is 0 Å². The molecule has 0 spiro atoms. The maximum absolute atomic E-state index is 11.2. The standard InChI is InChI=1S/C20H14O.C10H7NO2/c1-3-11-17-15(7-1)9-5-13-19(17)21-20-14-6-10-16-8-2-4-12-18(16)20;12-9-6-8(10(13)11-9)7-4-2-1-3-5-7/h1-14H;1-6H,(H,11,12,13). The van der Waals surface area contributed by atoms with Gasteiger partial charge < -0.3 is 4.74 Å². The molecule has 5 aromatic rings. The molecule has 164 valence electrons. The number of fused-ring (bicyclic) bond motifs is 2. The smallest absolute Gasteiger partial charge is 0.258 e. The number of amides is 2. The highest BCUT2D eigenvalue weighted by molar-refractivity contribution is 6.33. The summed E-state index contributed by atoms with van der Waals surface area (Å²) in [6.07, 6.45) is 1.32. The number of nitrogens with one attached hydrogen (secondary N) is 1. The van der Waals surface area contributed by atoms with Gasteiger partial charge in [0.1, 0.15) is 11.5 Å². The van der Waals surface area contributed by atoms with Gasteiger partial charge in [-0.1, -0.05) is 103 Å². The van der Waals surface area contributed by atoms with Gasteiger partial charge in [-0.2, -0.15) is 0 Å². The molecule has 1 heterocycles. The first-order valence-corrected chi connectivity index (χ1v) is 10.9. The van der Waals surface area contributed by atoms with Gasteiger partial charge in [0.2, 0.25) is 0 Å². The molecule has 34 heavy (non-hydrogen) atoms. The molecule has 1 N–H and O–H groups in total. The van der Waals surface area contributed by atoms with Gasteiger partial charge in [-0.3, -0.25) is 14.9 Å². The van der Waals surface area contributed by atoms with E-state index in [-0.39, 0.29) is 11.8 Å². The normalized spacial score (nSPS) is 12.6. The van der Waals surface area contributed by atoms with E-state index in [2.05, 4.69) is 41.7 Å². The minimum absolute atomic E-state index is 0.323. The first-order valence-electron chi connectivity index (χ1n) is 10.9. The molecule has 0 bridgehead atoms. The van der Waals surface area contributed by atoms with E-state index in [1.807, 2.05) is 66.7 Å². The van der Waals surface area contributed by atoms with E-state index >= 15 is 0 Å². The first-order chi connectivity index (χ1) is 16.7. The number of hydrogen-bond donors (Lipinski definition) is 1. The van der Waals surface area contributed by atoms with Crippen molar-refractivity contribution in [1.82, 2.24) is 5.32 Å². The summed E-state index contributed by atoms with van der Waals surface area (Å²) in [5.41, 5.74) is 1.21. The summed E-state index contributed by atoms with van der Waals surface area (Å²) < 4.78 is 6.20. The summed E-state index contributed by atoms with van der Waals surface area (Å²) in [7, 11) is 0. The van der Waals surface area contributed by atoms with E-state index in [1.54, 1.807) is 12.1 Å². The maximum atomic E-state index is 11.2. The Kier molecular flexibility index (Phi) is 5.87. The predicted octanol–water partition coefficient (Wildman–Crippen LogP) is 6.51. The third-order valence-electron chi connectivity index (χ3n) is 5.56. The number of ether oxygens (including phenoxy) is 1. The van der Waals surface area contributed by atoms with Crippen molar-refractivity contribution in [2.45, 2.75) is 0 Å². The van der Waals surface area contributed by atoms with E-state index in [0.29, 0.717) is 5.57 Å². The van der Waals surface area contributed by atoms with Crippen LogP contribution in [0.3, 0.4) is 0 Å². The molecule has 6 rings (SSSR count). The second-order valence-electron chi connectivity index (χ2n) is 7.80. The second kappa shape index (κ2) is 9.43. The molecule has 1 aliphatic rings. The largest absolute Gasteiger partial charge is 0.456 e. The van der Waals surface area contributed by atoms with Gasteiger partial charge in [-0.05, 0) is 28.5 Å². The lowest BCUT2D eigenvalue weighted by Crippen LogP contribution is -2.21. The third-order valence-corrected chi connectivity index (χ3v) is 5.56. The Labute approximate surface area is 197 Å². The molecule has 1 aliphatic heterocycles. The molecular formula is C30H21NO3. The van der Waals surface area contributed by atoms with Crippen molar-refractivity contribution in [2.75, 3.05) is 0 Å². The molecule has 2 amide bonds. The Bertz CT molecular complexity index is 1450. The summed E-state index contributed by atoms with van der Waals surface area (Å²) in [5.74, 6) is 1.12. The summed E-state index contributed by atoms with van der Waals surface area (Å²) in [4.78, 5) is 22.0. The number of benzene rings is 5. The monoisotopic (exact) mass is 443 g/mol. The Hall–Kier alpha value is -4.70. The zero-order valence-electron chi connectivity index (χ0n) is 18.3. The van der Waals surface area contributed by atoms with Crippen LogP contribution in [0.15, 0.2) is 121 Å². The number of carbonyl (C=O) groups is 2. The van der Waals surface area contributed by atoms with Gasteiger partial charge in [0.15, 0.2) is 0 Å². The molecule has 0 saturated carbocycles. The maximum Gasteiger partial charge on any atom is 0.258 e. The fourth-order valence-electron chi connectivity index (χ4n) is 3.93. The minimum Gasteiger partial charge on any atom is -0.456 e. The molecule has 0 aromatic heterocycles. The fourth-order valence-corrected chi connectivity index (χ4v) is 3.93. The van der Waals surface area contributed by atoms with Crippen molar-refractivity contribution in [3.63, 3.8) is 0 Å². The van der Waals surface area contributed by atoms with Gasteiger partial charge in [0, 0.05) is 16.8 Å². The van der Waals surface area contributed by atoms with E-state index in [0.717, 1.165) is 27.8 Å². The van der Waals surface area contributed by atoms with Crippen LogP contribution in [0.5, 0.6) is 11.5 Å². The van der Waals surface area contributed by atoms with Crippen molar-refractivity contribution in [3.8, 4) is 11.5 Å². The molecule has 0 saturated heterocycles. The molecule has 0 fully saturated rings. The SMILES string of the molecule is O=C1C=C(c2ccccc2)C(=O)N1.c1ccc2c(Oc3cccc4ccccc34)cccc2c1. The van der Waals surface area contributed by atoms with Crippen molar-refractivity contribution >= 4 is 38.9 Å². The summed E-state index contributed by atoms with van der Waals surface area (Å²) in [5, 5.41) is 6.84. The second-order valence-corrected chi connectivity index (χ2v) is 7.80. The molecule has 4 nitrogen and oxygen atoms in total. The molecule has 4 heteroatoms. The number of carbonyl (C=O) groups excluding carboxylic acids is 2. The van der Waals surface area contributed by atoms with Crippen molar-refractivity contribution in [1.29, 1.82) is 0 Å². The average Bonchev–Trinajstić information content (AvgIpc) is 3.23. The van der Waals surface area contributed by atoms with Crippen molar-refractivity contribution in [2.24, 2.45) is 0 Å². The van der Waals surface area contributed by atoms with E-state index in [9.17, 15) is 9.59 Å². The Balaban J connectivity index is 0.000000159. The van der Waals surface area contributed by atoms with E-state index in [4.69, 9.17) is 4.74 Å². The zero-order valence-corrected chi connectivity index (χ0v) is 18.3. The molecule has 5 aromatic carbocycles. The lowest BCUT2D eigenvalue weighted by atomic mass is 10.1. The van der Waals surface area contributed by atoms with Crippen LogP contribution in [-0.2, 0) is 9.59 Å². The number of rotatable bonds is 3. The molecular weight excluding hydrogens is 422 g/mol. The quantitative estimate of drug-likeness (QED) is 0.323. The lowest BCUT2D eigenvalue weighted by molar-refractivity contribution is -0.123. The van der Waals surface area contributed by atoms with Crippen LogP contribution >= 0.6 is 0 Å². The van der Waals surface area contributed by atoms with Crippen molar-refractivity contribution in [3.05, 3.63) is 127 Å². The fraction of sp³-hybridized carbons (Fsp3) is 0. The van der Waals surface area contributed by atoms with Crippen LogP contribution in [0.4, 0.5) is 0 Å². The van der Waals surface area contributed by atoms with Crippen LogP contribution in [0.1, 0.15) is 5.56 Å². The highest BCUT2D eigenvalue weighted by Gasteiger charge is 2.21. The Morgan fingerprint density at radius 2 is 1.03 bits per heavy atom. The summed E-state index contributed by atoms with van der Waals surface area (Å²) in [6, 6.07) is 38.0. The topological polar surface area (TPSA) is 55.4 Å². The van der Waals surface area contributed by atoms with E-state index in [1.165, 1.54) is 16.8 Å². The third kappa shape index (κ3) is 4.43. The van der Waals surface area contributed by atoms with Gasteiger partial charge >= 0.3 is 0 Å². The highest BCUT2D eigenvalue weighted by atomic mass is 16.5. The van der Waals surface area contributed by atoms with Crippen LogP contribution < -0.4 is 10.1 Å². The molecule has 0 radical (unpaired) electrons. The van der Waals surface area contributed by atoms with Gasteiger partial charge in [0.05, 0.1) is 5.57 Å². The number of hydrogen-bond acceptors (Lipinski definition) is 3. The molecule has 0 aliphatic carbocycles. The molecule has 0 unspecified atom stereocenters. The Morgan fingerprint density at radius 3 is 1.56 bits per heavy atom. The highest BCUT2D eigenvalue weighted by Crippen LogP contribution is 2.33. The minimum atomic E-state index is -0.344. The summed E-state index contributed by atoms with van der Waals surface area (Å²) >= 11 is 0. The van der Waals surface area contributed by atoms with Crippen molar-refractivity contribution < 1.29 is 14.3 Å². The van der Waals surface area contributed by atoms with E-state index < -0.39 is 0 Å². The van der Waals surface area contributed by atoms with Crippen LogP contribution in [0.25, 0.3) is 27.1 Å². The predicted molar refractivity (Wildman–Crippen MR) is 136 cm³/mol. The lowest BCUT2D eigenvalue weighted by Gasteiger charge is -2.11. The molecule has 0 atom stereocenters. The average molecular weight is 444 g/mol. The van der Waals surface area contributed by atoms with Gasteiger partial charge in [0.25, 0.3) is 11.8 Å². The zero-order chi connectivity index (χ0) is 23.3. The van der Waals surface area contributed by atoms with Crippen LogP contribution in [-0.4, -0.2) is 11.8 Å². The van der Waals surface area contributed by atoms with Gasteiger partial charge in [-0.15, -0.1) is 0 Å². The van der Waals surface area contributed by atoms with Gasteiger partial charge in [-0.25, -0.2) is 0 Å². The first kappa shape index (κ1) is 21.2.